The number of primary amides is 1. The van der Waals surface area contributed by atoms with Gasteiger partial charge in [0.2, 0.25) is 5.88 Å². The molecule has 4 aromatic rings. The van der Waals surface area contributed by atoms with E-state index in [4.69, 9.17) is 10.5 Å². The maximum atomic E-state index is 11.3. The van der Waals surface area contributed by atoms with Gasteiger partial charge in [-0.3, -0.25) is 4.79 Å². The van der Waals surface area contributed by atoms with E-state index in [1.165, 1.54) is 6.33 Å². The zero-order valence-corrected chi connectivity index (χ0v) is 13.3. The number of benzene rings is 1. The Labute approximate surface area is 146 Å². The summed E-state index contributed by atoms with van der Waals surface area (Å²) in [6.45, 7) is 0. The quantitative estimate of drug-likeness (QED) is 0.555. The second kappa shape index (κ2) is 6.43. The standard InChI is InChI=1S/C16H12N8O2/c17-16(25)15-14(21-23-22-15)10-2-4-11(5-3-10)26-13-8-12(18-9-19-13)24-7-1-6-20-24/h1-9H,(H2,17,25)(H,21,22,23). The molecule has 0 spiro atoms. The Bertz CT molecular complexity index is 1040. The predicted molar refractivity (Wildman–Crippen MR) is 89.6 cm³/mol. The largest absolute Gasteiger partial charge is 0.439 e. The summed E-state index contributed by atoms with van der Waals surface area (Å²) in [7, 11) is 0. The van der Waals surface area contributed by atoms with Crippen molar-refractivity contribution in [2.75, 3.05) is 0 Å². The van der Waals surface area contributed by atoms with Gasteiger partial charge in [0.15, 0.2) is 11.5 Å². The molecule has 4 rings (SSSR count). The molecule has 10 nitrogen and oxygen atoms in total. The maximum absolute atomic E-state index is 11.3. The monoisotopic (exact) mass is 348 g/mol. The Morgan fingerprint density at radius 2 is 2.00 bits per heavy atom. The van der Waals surface area contributed by atoms with Crippen LogP contribution in [0.25, 0.3) is 17.1 Å². The smallest absolute Gasteiger partial charge is 0.271 e. The predicted octanol–water partition coefficient (Wildman–Crippen LogP) is 1.34. The van der Waals surface area contributed by atoms with Crippen LogP contribution < -0.4 is 10.5 Å². The number of ether oxygens (including phenoxy) is 1. The number of aromatic amines is 1. The highest BCUT2D eigenvalue weighted by molar-refractivity contribution is 5.96. The first kappa shape index (κ1) is 15.4. The number of rotatable bonds is 5. The van der Waals surface area contributed by atoms with E-state index in [-0.39, 0.29) is 5.69 Å². The number of nitrogens with two attached hydrogens (primary N) is 1. The highest BCUT2D eigenvalue weighted by Crippen LogP contribution is 2.25. The zero-order valence-electron chi connectivity index (χ0n) is 13.3. The van der Waals surface area contributed by atoms with E-state index in [2.05, 4.69) is 30.5 Å². The van der Waals surface area contributed by atoms with Crippen LogP contribution in [0.5, 0.6) is 11.6 Å². The molecule has 0 bridgehead atoms. The molecular formula is C16H12N8O2. The highest BCUT2D eigenvalue weighted by Gasteiger charge is 2.15. The summed E-state index contributed by atoms with van der Waals surface area (Å²) in [5.41, 5.74) is 6.42. The molecule has 10 heteroatoms. The molecule has 0 fully saturated rings. The van der Waals surface area contributed by atoms with Crippen molar-refractivity contribution in [3.8, 4) is 28.7 Å². The van der Waals surface area contributed by atoms with Crippen molar-refractivity contribution in [1.29, 1.82) is 0 Å². The first-order chi connectivity index (χ1) is 12.7. The molecule has 1 aromatic carbocycles. The molecule has 0 saturated carbocycles. The summed E-state index contributed by atoms with van der Waals surface area (Å²) >= 11 is 0. The first-order valence-electron chi connectivity index (χ1n) is 7.51. The number of H-pyrrole nitrogens is 1. The van der Waals surface area contributed by atoms with Crippen molar-refractivity contribution >= 4 is 5.91 Å². The average Bonchev–Trinajstić information content (AvgIpc) is 3.35. The van der Waals surface area contributed by atoms with Crippen LogP contribution >= 0.6 is 0 Å². The summed E-state index contributed by atoms with van der Waals surface area (Å²) in [4.78, 5) is 19.6. The molecule has 26 heavy (non-hydrogen) atoms. The molecule has 0 saturated heterocycles. The van der Waals surface area contributed by atoms with Gasteiger partial charge >= 0.3 is 0 Å². The molecule has 1 amide bonds. The minimum atomic E-state index is -0.652. The molecule has 0 aliphatic heterocycles. The van der Waals surface area contributed by atoms with Crippen LogP contribution in [-0.4, -0.2) is 41.1 Å². The van der Waals surface area contributed by atoms with E-state index in [0.29, 0.717) is 28.7 Å². The van der Waals surface area contributed by atoms with Gasteiger partial charge in [-0.05, 0) is 30.3 Å². The maximum Gasteiger partial charge on any atom is 0.271 e. The molecular weight excluding hydrogens is 336 g/mol. The van der Waals surface area contributed by atoms with Crippen LogP contribution in [0.4, 0.5) is 0 Å². The Morgan fingerprint density at radius 3 is 2.73 bits per heavy atom. The van der Waals surface area contributed by atoms with E-state index in [0.717, 1.165) is 0 Å². The molecule has 0 atom stereocenters. The number of aromatic nitrogens is 7. The Balaban J connectivity index is 1.56. The molecule has 0 unspecified atom stereocenters. The minimum absolute atomic E-state index is 0.0818. The lowest BCUT2D eigenvalue weighted by atomic mass is 10.1. The lowest BCUT2D eigenvalue weighted by molar-refractivity contribution is 0.0996. The van der Waals surface area contributed by atoms with E-state index >= 15 is 0 Å². The number of hydrogen-bond donors (Lipinski definition) is 2. The number of carbonyl (C=O) groups excluding carboxylic acids is 1. The summed E-state index contributed by atoms with van der Waals surface area (Å²) in [6, 6.07) is 10.4. The number of nitrogens with zero attached hydrogens (tertiary/aromatic N) is 6. The third kappa shape index (κ3) is 2.98. The fourth-order valence-corrected chi connectivity index (χ4v) is 2.32. The van der Waals surface area contributed by atoms with Gasteiger partial charge in [0, 0.05) is 24.0 Å². The van der Waals surface area contributed by atoms with Crippen LogP contribution in [0.3, 0.4) is 0 Å². The number of amides is 1. The third-order valence-electron chi connectivity index (χ3n) is 3.50. The molecule has 128 valence electrons. The van der Waals surface area contributed by atoms with Gasteiger partial charge < -0.3 is 10.5 Å². The van der Waals surface area contributed by atoms with Gasteiger partial charge in [-0.1, -0.05) is 0 Å². The molecule has 0 radical (unpaired) electrons. The molecule has 3 heterocycles. The van der Waals surface area contributed by atoms with Crippen LogP contribution in [0, 0.1) is 0 Å². The summed E-state index contributed by atoms with van der Waals surface area (Å²) in [6.07, 6.45) is 4.83. The second-order valence-corrected chi connectivity index (χ2v) is 5.18. The number of nitrogens with one attached hydrogen (secondary N) is 1. The zero-order chi connectivity index (χ0) is 17.9. The van der Waals surface area contributed by atoms with Gasteiger partial charge in [-0.2, -0.15) is 20.5 Å². The number of hydrogen-bond acceptors (Lipinski definition) is 7. The van der Waals surface area contributed by atoms with Crippen LogP contribution in [-0.2, 0) is 0 Å². The van der Waals surface area contributed by atoms with Crippen molar-refractivity contribution in [2.45, 2.75) is 0 Å². The highest BCUT2D eigenvalue weighted by atomic mass is 16.5. The van der Waals surface area contributed by atoms with Crippen molar-refractivity contribution in [3.63, 3.8) is 0 Å². The summed E-state index contributed by atoms with van der Waals surface area (Å²) in [5, 5.41) is 14.2. The summed E-state index contributed by atoms with van der Waals surface area (Å²) in [5.74, 6) is 0.868. The van der Waals surface area contributed by atoms with Crippen molar-refractivity contribution < 1.29 is 9.53 Å². The Hall–Kier alpha value is -4.08. The molecule has 3 aromatic heterocycles. The van der Waals surface area contributed by atoms with Crippen molar-refractivity contribution in [2.24, 2.45) is 5.73 Å². The van der Waals surface area contributed by atoms with Crippen LogP contribution in [0.1, 0.15) is 10.5 Å². The average molecular weight is 348 g/mol. The van der Waals surface area contributed by atoms with Gasteiger partial charge in [0.1, 0.15) is 17.8 Å². The lowest BCUT2D eigenvalue weighted by Gasteiger charge is -2.07. The van der Waals surface area contributed by atoms with Gasteiger partial charge in [0.25, 0.3) is 5.91 Å². The molecule has 0 aliphatic carbocycles. The van der Waals surface area contributed by atoms with E-state index in [1.54, 1.807) is 53.5 Å². The number of carbonyl (C=O) groups is 1. The SMILES string of the molecule is NC(=O)c1n[nH]nc1-c1ccc(Oc2cc(-n3cccn3)ncn2)cc1. The van der Waals surface area contributed by atoms with Gasteiger partial charge in [0.05, 0.1) is 0 Å². The van der Waals surface area contributed by atoms with Crippen LogP contribution in [0.15, 0.2) is 55.1 Å². The fraction of sp³-hybridized carbons (Fsp3) is 0. The second-order valence-electron chi connectivity index (χ2n) is 5.18. The topological polar surface area (TPSA) is 137 Å². The van der Waals surface area contributed by atoms with Crippen molar-refractivity contribution in [1.82, 2.24) is 35.2 Å². The Morgan fingerprint density at radius 1 is 1.15 bits per heavy atom. The van der Waals surface area contributed by atoms with Crippen LogP contribution in [0.2, 0.25) is 0 Å². The van der Waals surface area contributed by atoms with Gasteiger partial charge in [-0.25, -0.2) is 14.6 Å². The summed E-state index contributed by atoms with van der Waals surface area (Å²) < 4.78 is 7.34. The normalized spacial score (nSPS) is 10.6. The lowest BCUT2D eigenvalue weighted by Crippen LogP contribution is -2.12. The van der Waals surface area contributed by atoms with Crippen molar-refractivity contribution in [3.05, 3.63) is 60.8 Å². The fourth-order valence-electron chi connectivity index (χ4n) is 2.32. The Kier molecular flexibility index (Phi) is 3.82. The van der Waals surface area contributed by atoms with E-state index in [9.17, 15) is 4.79 Å². The molecule has 3 N–H and O–H groups in total. The molecule has 0 aliphatic rings. The van der Waals surface area contributed by atoms with E-state index in [1.807, 2.05) is 0 Å². The minimum Gasteiger partial charge on any atom is -0.439 e. The first-order valence-corrected chi connectivity index (χ1v) is 7.51. The van der Waals surface area contributed by atoms with Gasteiger partial charge in [-0.15, -0.1) is 0 Å². The third-order valence-corrected chi connectivity index (χ3v) is 3.50. The van der Waals surface area contributed by atoms with E-state index < -0.39 is 5.91 Å².